The van der Waals surface area contributed by atoms with Crippen molar-refractivity contribution in [3.05, 3.63) is 70.0 Å². The molecule has 2 heterocycles. The Balaban J connectivity index is 1.66. The normalized spacial score (nSPS) is 18.2. The van der Waals surface area contributed by atoms with Gasteiger partial charge in [0.15, 0.2) is 4.80 Å². The fraction of sp³-hybridized carbons (Fsp3) is 0.304. The highest BCUT2D eigenvalue weighted by molar-refractivity contribution is 9.10. The number of hydrogen-bond donors (Lipinski definition) is 0. The SMILES string of the molecule is C=CCn1c(=NC(=O)c2ccc(S(=O)(=O)N3CCCCC3C)cc2)sc2cc(Br)ccc21. The summed E-state index contributed by atoms with van der Waals surface area (Å²) < 4.78 is 31.5. The zero-order valence-corrected chi connectivity index (χ0v) is 20.9. The van der Waals surface area contributed by atoms with E-state index < -0.39 is 15.9 Å². The average molecular weight is 535 g/mol. The van der Waals surface area contributed by atoms with Gasteiger partial charge >= 0.3 is 0 Å². The van der Waals surface area contributed by atoms with Crippen molar-refractivity contribution in [1.82, 2.24) is 8.87 Å². The maximum Gasteiger partial charge on any atom is 0.279 e. The lowest BCUT2D eigenvalue weighted by Crippen LogP contribution is -2.41. The van der Waals surface area contributed by atoms with Crippen LogP contribution in [0.3, 0.4) is 0 Å². The van der Waals surface area contributed by atoms with Gasteiger partial charge in [0.05, 0.1) is 15.1 Å². The molecule has 1 unspecified atom stereocenters. The number of hydrogen-bond acceptors (Lipinski definition) is 4. The summed E-state index contributed by atoms with van der Waals surface area (Å²) >= 11 is 4.90. The third kappa shape index (κ3) is 4.52. The van der Waals surface area contributed by atoms with Gasteiger partial charge in [-0.2, -0.15) is 9.30 Å². The van der Waals surface area contributed by atoms with E-state index >= 15 is 0 Å². The average Bonchev–Trinajstić information content (AvgIpc) is 3.10. The van der Waals surface area contributed by atoms with Crippen molar-refractivity contribution in [3.63, 3.8) is 0 Å². The predicted molar refractivity (Wildman–Crippen MR) is 131 cm³/mol. The van der Waals surface area contributed by atoms with Gasteiger partial charge in [-0.05, 0) is 62.2 Å². The molecule has 4 rings (SSSR count). The minimum atomic E-state index is -3.57. The minimum Gasteiger partial charge on any atom is -0.312 e. The molecule has 1 aliphatic heterocycles. The molecule has 9 heteroatoms. The molecule has 32 heavy (non-hydrogen) atoms. The van der Waals surface area contributed by atoms with Crippen LogP contribution in [0.5, 0.6) is 0 Å². The number of thiazole rings is 1. The Hall–Kier alpha value is -2.07. The molecular weight excluding hydrogens is 510 g/mol. The maximum atomic E-state index is 13.0. The number of allylic oxidation sites excluding steroid dienone is 1. The van der Waals surface area contributed by atoms with Crippen LogP contribution in [0.1, 0.15) is 36.5 Å². The Morgan fingerprint density at radius 1 is 1.25 bits per heavy atom. The van der Waals surface area contributed by atoms with Gasteiger partial charge in [0, 0.05) is 29.2 Å². The van der Waals surface area contributed by atoms with Crippen LogP contribution < -0.4 is 4.80 Å². The predicted octanol–water partition coefficient (Wildman–Crippen LogP) is 4.96. The van der Waals surface area contributed by atoms with Gasteiger partial charge in [0.25, 0.3) is 5.91 Å². The van der Waals surface area contributed by atoms with Crippen LogP contribution >= 0.6 is 27.3 Å². The van der Waals surface area contributed by atoms with Crippen LogP contribution in [-0.2, 0) is 16.6 Å². The first-order valence-electron chi connectivity index (χ1n) is 10.4. The third-order valence-corrected chi connectivity index (χ3v) is 9.17. The van der Waals surface area contributed by atoms with Crippen LogP contribution in [0.4, 0.5) is 0 Å². The van der Waals surface area contributed by atoms with E-state index in [9.17, 15) is 13.2 Å². The highest BCUT2D eigenvalue weighted by atomic mass is 79.9. The number of piperidine rings is 1. The Morgan fingerprint density at radius 2 is 2.00 bits per heavy atom. The van der Waals surface area contributed by atoms with Crippen molar-refractivity contribution in [2.75, 3.05) is 6.54 Å². The molecule has 1 amide bonds. The van der Waals surface area contributed by atoms with Crippen LogP contribution in [0.15, 0.2) is 69.5 Å². The van der Waals surface area contributed by atoms with E-state index in [1.54, 1.807) is 10.4 Å². The lowest BCUT2D eigenvalue weighted by molar-refractivity contribution is 0.0997. The summed E-state index contributed by atoms with van der Waals surface area (Å²) in [5.41, 5.74) is 1.32. The number of carbonyl (C=O) groups is 1. The summed E-state index contributed by atoms with van der Waals surface area (Å²) in [7, 11) is -3.57. The molecule has 3 aromatic rings. The first-order valence-corrected chi connectivity index (χ1v) is 13.5. The maximum absolute atomic E-state index is 13.0. The van der Waals surface area contributed by atoms with E-state index in [0.29, 0.717) is 23.5 Å². The topological polar surface area (TPSA) is 71.7 Å². The quantitative estimate of drug-likeness (QED) is 0.435. The number of rotatable bonds is 5. The number of benzene rings is 2. The number of sulfonamides is 1. The van der Waals surface area contributed by atoms with Crippen LogP contribution in [0.25, 0.3) is 10.2 Å². The lowest BCUT2D eigenvalue weighted by atomic mass is 10.1. The minimum absolute atomic E-state index is 0.0154. The van der Waals surface area contributed by atoms with E-state index in [2.05, 4.69) is 27.5 Å². The number of nitrogens with zero attached hydrogens (tertiary/aromatic N) is 3. The van der Waals surface area contributed by atoms with Crippen molar-refractivity contribution in [1.29, 1.82) is 0 Å². The number of aromatic nitrogens is 1. The standard InChI is InChI=1S/C23H24BrN3O3S2/c1-3-13-26-20-12-9-18(24)15-21(20)31-23(26)25-22(28)17-7-10-19(11-8-17)32(29,30)27-14-5-4-6-16(27)2/h3,7-12,15-16H,1,4-6,13-14H2,2H3. The van der Waals surface area contributed by atoms with E-state index in [-0.39, 0.29) is 10.9 Å². The molecular formula is C23H24BrN3O3S2. The van der Waals surface area contributed by atoms with Crippen LogP contribution in [0.2, 0.25) is 0 Å². The summed E-state index contributed by atoms with van der Waals surface area (Å²) in [4.78, 5) is 18.0. The number of carbonyl (C=O) groups excluding carboxylic acids is 1. The Bertz CT molecular complexity index is 1340. The summed E-state index contributed by atoms with van der Waals surface area (Å²) in [5, 5.41) is 0. The zero-order valence-electron chi connectivity index (χ0n) is 17.7. The van der Waals surface area contributed by atoms with Crippen LogP contribution in [0, 0.1) is 0 Å². The van der Waals surface area contributed by atoms with Gasteiger partial charge < -0.3 is 4.57 Å². The summed E-state index contributed by atoms with van der Waals surface area (Å²) in [6.07, 6.45) is 4.54. The molecule has 1 fully saturated rings. The lowest BCUT2D eigenvalue weighted by Gasteiger charge is -2.32. The number of halogens is 1. The van der Waals surface area contributed by atoms with Crippen molar-refractivity contribution in [3.8, 4) is 0 Å². The molecule has 1 saturated heterocycles. The smallest absolute Gasteiger partial charge is 0.279 e. The Kier molecular flexibility index (Phi) is 6.80. The molecule has 1 aliphatic rings. The molecule has 0 saturated carbocycles. The van der Waals surface area contributed by atoms with Gasteiger partial charge in [-0.25, -0.2) is 8.42 Å². The zero-order chi connectivity index (χ0) is 22.9. The van der Waals surface area contributed by atoms with E-state index in [1.807, 2.05) is 29.7 Å². The molecule has 1 aromatic heterocycles. The summed E-state index contributed by atoms with van der Waals surface area (Å²) in [6.45, 7) is 6.80. The fourth-order valence-electron chi connectivity index (χ4n) is 3.92. The third-order valence-electron chi connectivity index (χ3n) is 5.60. The van der Waals surface area contributed by atoms with Crippen molar-refractivity contribution >= 4 is 53.4 Å². The van der Waals surface area contributed by atoms with Gasteiger partial charge in [-0.15, -0.1) is 6.58 Å². The molecule has 0 bridgehead atoms. The largest absolute Gasteiger partial charge is 0.312 e. The van der Waals surface area contributed by atoms with Gasteiger partial charge in [0.1, 0.15) is 0 Å². The molecule has 2 aromatic carbocycles. The van der Waals surface area contributed by atoms with Crippen molar-refractivity contribution < 1.29 is 13.2 Å². The number of amides is 1. The van der Waals surface area contributed by atoms with E-state index in [0.717, 1.165) is 34.0 Å². The Labute approximate surface area is 200 Å². The second-order valence-corrected chi connectivity index (χ2v) is 11.6. The van der Waals surface area contributed by atoms with Crippen LogP contribution in [-0.4, -0.2) is 35.8 Å². The van der Waals surface area contributed by atoms with Crippen molar-refractivity contribution in [2.24, 2.45) is 4.99 Å². The highest BCUT2D eigenvalue weighted by Gasteiger charge is 2.30. The Morgan fingerprint density at radius 3 is 2.69 bits per heavy atom. The molecule has 6 nitrogen and oxygen atoms in total. The second kappa shape index (κ2) is 9.43. The van der Waals surface area contributed by atoms with Gasteiger partial charge in [0.2, 0.25) is 10.0 Å². The molecule has 1 atom stereocenters. The molecule has 168 valence electrons. The van der Waals surface area contributed by atoms with Gasteiger partial charge in [-0.1, -0.05) is 39.8 Å². The van der Waals surface area contributed by atoms with Gasteiger partial charge in [-0.3, -0.25) is 4.79 Å². The van der Waals surface area contributed by atoms with E-state index in [4.69, 9.17) is 0 Å². The molecule has 0 radical (unpaired) electrons. The van der Waals surface area contributed by atoms with E-state index in [1.165, 1.54) is 35.6 Å². The first kappa shape index (κ1) is 23.1. The van der Waals surface area contributed by atoms with Crippen molar-refractivity contribution in [2.45, 2.75) is 43.7 Å². The number of fused-ring (bicyclic) bond motifs is 1. The summed E-state index contributed by atoms with van der Waals surface area (Å²) in [5.74, 6) is -0.413. The first-order chi connectivity index (χ1) is 15.3. The highest BCUT2D eigenvalue weighted by Crippen LogP contribution is 2.26. The monoisotopic (exact) mass is 533 g/mol. The summed E-state index contributed by atoms with van der Waals surface area (Å²) in [6, 6.07) is 12.0. The molecule has 0 spiro atoms. The fourth-order valence-corrected chi connectivity index (χ4v) is 7.21. The molecule has 0 N–H and O–H groups in total. The molecule has 0 aliphatic carbocycles. The second-order valence-electron chi connectivity index (χ2n) is 7.80.